The first-order valence-corrected chi connectivity index (χ1v) is 5.61. The number of hydrogen-bond donors (Lipinski definition) is 1. The Morgan fingerprint density at radius 3 is 2.78 bits per heavy atom. The number of pyridine rings is 1. The second kappa shape index (κ2) is 5.51. The zero-order valence-electron chi connectivity index (χ0n) is 9.34. The fraction of sp³-hybridized carbons (Fsp3) is 0.0769. The van der Waals surface area contributed by atoms with Gasteiger partial charge in [-0.05, 0) is 18.2 Å². The van der Waals surface area contributed by atoms with Crippen LogP contribution < -0.4 is 4.74 Å². The summed E-state index contributed by atoms with van der Waals surface area (Å²) in [5.41, 5.74) is 0.684. The first kappa shape index (κ1) is 12.4. The Labute approximate surface area is 109 Å². The van der Waals surface area contributed by atoms with Crippen molar-refractivity contribution in [3.8, 4) is 5.75 Å². The molecule has 18 heavy (non-hydrogen) atoms. The number of hydrogen-bond acceptors (Lipinski definition) is 3. The normalized spacial score (nSPS) is 10.1. The van der Waals surface area contributed by atoms with Crippen LogP contribution in [0.5, 0.6) is 5.75 Å². The van der Waals surface area contributed by atoms with Crippen molar-refractivity contribution in [2.75, 3.05) is 0 Å². The molecular weight excluding hydrogens is 254 g/mol. The number of benzene rings is 1. The van der Waals surface area contributed by atoms with Crippen molar-refractivity contribution in [1.29, 1.82) is 0 Å². The largest absolute Gasteiger partial charge is 0.486 e. The molecule has 0 aliphatic heterocycles. The molecule has 0 fully saturated rings. The lowest BCUT2D eigenvalue weighted by atomic mass is 10.2. The van der Waals surface area contributed by atoms with Crippen LogP contribution in [0.15, 0.2) is 42.6 Å². The van der Waals surface area contributed by atoms with Crippen LogP contribution in [0, 0.1) is 0 Å². The van der Waals surface area contributed by atoms with Gasteiger partial charge in [0.05, 0.1) is 0 Å². The van der Waals surface area contributed by atoms with E-state index in [1.54, 1.807) is 18.2 Å². The molecule has 0 saturated carbocycles. The van der Waals surface area contributed by atoms with E-state index in [4.69, 9.17) is 21.4 Å². The summed E-state index contributed by atoms with van der Waals surface area (Å²) in [5, 5.41) is 9.53. The maximum Gasteiger partial charge on any atom is 0.358 e. The van der Waals surface area contributed by atoms with Crippen LogP contribution in [0.2, 0.25) is 5.02 Å². The average Bonchev–Trinajstić information content (AvgIpc) is 2.38. The summed E-state index contributed by atoms with van der Waals surface area (Å²) in [6.07, 6.45) is 1.41. The molecule has 2 rings (SSSR count). The van der Waals surface area contributed by atoms with Gasteiger partial charge >= 0.3 is 5.97 Å². The fourth-order valence-electron chi connectivity index (χ4n) is 1.44. The van der Waals surface area contributed by atoms with Gasteiger partial charge in [-0.25, -0.2) is 9.78 Å². The molecule has 0 amide bonds. The van der Waals surface area contributed by atoms with Gasteiger partial charge in [0.25, 0.3) is 0 Å². The van der Waals surface area contributed by atoms with Gasteiger partial charge in [0.1, 0.15) is 6.61 Å². The van der Waals surface area contributed by atoms with Crippen molar-refractivity contribution >= 4 is 17.6 Å². The first-order chi connectivity index (χ1) is 8.68. The number of nitrogens with zero attached hydrogens (tertiary/aromatic N) is 1. The van der Waals surface area contributed by atoms with Crippen molar-refractivity contribution < 1.29 is 14.6 Å². The fourth-order valence-corrected chi connectivity index (χ4v) is 1.63. The number of aromatic carboxylic acids is 1. The van der Waals surface area contributed by atoms with Gasteiger partial charge in [-0.2, -0.15) is 0 Å². The number of carboxylic acid groups (broad SMARTS) is 1. The molecule has 4 nitrogen and oxygen atoms in total. The molecule has 1 heterocycles. The third-order valence-corrected chi connectivity index (χ3v) is 2.68. The topological polar surface area (TPSA) is 59.4 Å². The van der Waals surface area contributed by atoms with Crippen molar-refractivity contribution in [2.24, 2.45) is 0 Å². The number of carbonyl (C=O) groups is 1. The molecule has 0 saturated heterocycles. The van der Waals surface area contributed by atoms with Crippen LogP contribution in [-0.2, 0) is 6.61 Å². The smallest absolute Gasteiger partial charge is 0.358 e. The number of carboxylic acids is 1. The van der Waals surface area contributed by atoms with E-state index in [2.05, 4.69) is 4.98 Å². The standard InChI is InChI=1S/C13H10ClNO3/c14-10-5-2-1-4-9(10)8-18-11-6-3-7-15-12(11)13(16)17/h1-7H,8H2,(H,16,17). The first-order valence-electron chi connectivity index (χ1n) is 5.23. The van der Waals surface area contributed by atoms with Crippen LogP contribution in [0.3, 0.4) is 0 Å². The van der Waals surface area contributed by atoms with E-state index in [-0.39, 0.29) is 18.1 Å². The molecule has 1 aromatic heterocycles. The highest BCUT2D eigenvalue weighted by atomic mass is 35.5. The highest BCUT2D eigenvalue weighted by Crippen LogP contribution is 2.20. The summed E-state index contributed by atoms with van der Waals surface area (Å²) < 4.78 is 5.44. The molecule has 0 aliphatic rings. The van der Waals surface area contributed by atoms with E-state index in [0.717, 1.165) is 5.56 Å². The summed E-state index contributed by atoms with van der Waals surface area (Å²) in [6.45, 7) is 0.200. The second-order valence-corrected chi connectivity index (χ2v) is 3.94. The van der Waals surface area contributed by atoms with Crippen molar-refractivity contribution in [3.63, 3.8) is 0 Å². The molecule has 1 aromatic carbocycles. The molecule has 1 N–H and O–H groups in total. The number of ether oxygens (including phenoxy) is 1. The summed E-state index contributed by atoms with van der Waals surface area (Å²) in [5.74, 6) is -0.894. The highest BCUT2D eigenvalue weighted by molar-refractivity contribution is 6.31. The lowest BCUT2D eigenvalue weighted by Crippen LogP contribution is -2.05. The van der Waals surface area contributed by atoms with Gasteiger partial charge < -0.3 is 9.84 Å². The third-order valence-electron chi connectivity index (χ3n) is 2.31. The van der Waals surface area contributed by atoms with Crippen LogP contribution in [0.1, 0.15) is 16.1 Å². The molecule has 0 bridgehead atoms. The predicted octanol–water partition coefficient (Wildman–Crippen LogP) is 3.01. The third kappa shape index (κ3) is 2.78. The molecule has 0 radical (unpaired) electrons. The maximum absolute atomic E-state index is 10.9. The Bertz CT molecular complexity index is 572. The lowest BCUT2D eigenvalue weighted by Gasteiger charge is -2.09. The minimum Gasteiger partial charge on any atom is -0.486 e. The van der Waals surface area contributed by atoms with Crippen molar-refractivity contribution in [3.05, 3.63) is 58.9 Å². The molecule has 5 heteroatoms. The molecular formula is C13H10ClNO3. The van der Waals surface area contributed by atoms with Gasteiger partial charge in [0.15, 0.2) is 11.4 Å². The summed E-state index contributed by atoms with van der Waals surface area (Å²) >= 11 is 5.98. The summed E-state index contributed by atoms with van der Waals surface area (Å²) in [7, 11) is 0. The van der Waals surface area contributed by atoms with E-state index in [9.17, 15) is 4.79 Å². The van der Waals surface area contributed by atoms with Crippen LogP contribution in [0.4, 0.5) is 0 Å². The van der Waals surface area contributed by atoms with E-state index < -0.39 is 5.97 Å². The minimum absolute atomic E-state index is 0.107. The second-order valence-electron chi connectivity index (χ2n) is 3.54. The van der Waals surface area contributed by atoms with Crippen LogP contribution >= 0.6 is 11.6 Å². The molecule has 2 aromatic rings. The van der Waals surface area contributed by atoms with E-state index in [1.807, 2.05) is 18.2 Å². The van der Waals surface area contributed by atoms with E-state index >= 15 is 0 Å². The number of halogens is 1. The summed E-state index contributed by atoms with van der Waals surface area (Å²) in [4.78, 5) is 14.7. The SMILES string of the molecule is O=C(O)c1ncccc1OCc1ccccc1Cl. The van der Waals surface area contributed by atoms with Crippen LogP contribution in [-0.4, -0.2) is 16.1 Å². The highest BCUT2D eigenvalue weighted by Gasteiger charge is 2.12. The Kier molecular flexibility index (Phi) is 3.79. The Balaban J connectivity index is 2.16. The van der Waals surface area contributed by atoms with Gasteiger partial charge in [-0.3, -0.25) is 0 Å². The van der Waals surface area contributed by atoms with E-state index in [1.165, 1.54) is 6.20 Å². The van der Waals surface area contributed by atoms with Gasteiger partial charge in [0.2, 0.25) is 0 Å². The van der Waals surface area contributed by atoms with Crippen LogP contribution in [0.25, 0.3) is 0 Å². The molecule has 0 spiro atoms. The monoisotopic (exact) mass is 263 g/mol. The average molecular weight is 264 g/mol. The van der Waals surface area contributed by atoms with E-state index in [0.29, 0.717) is 5.02 Å². The number of rotatable bonds is 4. The molecule has 0 atom stereocenters. The predicted molar refractivity (Wildman–Crippen MR) is 67.0 cm³/mol. The zero-order chi connectivity index (χ0) is 13.0. The lowest BCUT2D eigenvalue weighted by molar-refractivity contribution is 0.0685. The molecule has 92 valence electrons. The van der Waals surface area contributed by atoms with Gasteiger partial charge in [-0.1, -0.05) is 29.8 Å². The van der Waals surface area contributed by atoms with Crippen molar-refractivity contribution in [1.82, 2.24) is 4.98 Å². The maximum atomic E-state index is 10.9. The summed E-state index contributed by atoms with van der Waals surface area (Å²) in [6, 6.07) is 10.4. The van der Waals surface area contributed by atoms with Crippen molar-refractivity contribution in [2.45, 2.75) is 6.61 Å². The van der Waals surface area contributed by atoms with Gasteiger partial charge in [-0.15, -0.1) is 0 Å². The Morgan fingerprint density at radius 1 is 1.28 bits per heavy atom. The Morgan fingerprint density at radius 2 is 2.06 bits per heavy atom. The molecule has 0 unspecified atom stereocenters. The quantitative estimate of drug-likeness (QED) is 0.921. The number of aromatic nitrogens is 1. The Hall–Kier alpha value is -2.07. The zero-order valence-corrected chi connectivity index (χ0v) is 10.1. The van der Waals surface area contributed by atoms with Gasteiger partial charge in [0, 0.05) is 16.8 Å². The molecule has 0 aliphatic carbocycles. The minimum atomic E-state index is -1.12.